The second-order valence-electron chi connectivity index (χ2n) is 6.90. The maximum absolute atomic E-state index is 13.2. The lowest BCUT2D eigenvalue weighted by Gasteiger charge is -2.23. The summed E-state index contributed by atoms with van der Waals surface area (Å²) in [6, 6.07) is 24.0. The summed E-state index contributed by atoms with van der Waals surface area (Å²) in [5.41, 5.74) is 2.13. The van der Waals surface area contributed by atoms with Crippen LogP contribution in [0.2, 0.25) is 0 Å². The monoisotopic (exact) mass is 345 g/mol. The molecule has 26 heavy (non-hydrogen) atoms. The predicted molar refractivity (Wildman–Crippen MR) is 104 cm³/mol. The Kier molecular flexibility index (Phi) is 4.87. The SMILES string of the molecule is O=C(C1CCCC1)N(Cc1ccccc1)c1ccc(-c2ccccc2)o1. The van der Waals surface area contributed by atoms with Crippen molar-refractivity contribution in [3.05, 3.63) is 78.4 Å². The van der Waals surface area contributed by atoms with Crippen LogP contribution in [-0.2, 0) is 11.3 Å². The van der Waals surface area contributed by atoms with Gasteiger partial charge in [-0.15, -0.1) is 0 Å². The van der Waals surface area contributed by atoms with Crippen LogP contribution in [0.5, 0.6) is 0 Å². The minimum Gasteiger partial charge on any atom is -0.440 e. The molecule has 0 radical (unpaired) electrons. The van der Waals surface area contributed by atoms with Crippen molar-refractivity contribution in [3.8, 4) is 11.3 Å². The Labute approximate surface area is 154 Å². The van der Waals surface area contributed by atoms with Crippen LogP contribution in [0.25, 0.3) is 11.3 Å². The fourth-order valence-corrected chi connectivity index (χ4v) is 3.65. The average molecular weight is 345 g/mol. The molecule has 0 aliphatic heterocycles. The molecule has 1 amide bonds. The lowest BCUT2D eigenvalue weighted by molar-refractivity contribution is -0.122. The molecule has 1 aliphatic carbocycles. The minimum absolute atomic E-state index is 0.115. The highest BCUT2D eigenvalue weighted by Crippen LogP contribution is 2.32. The van der Waals surface area contributed by atoms with E-state index in [0.29, 0.717) is 12.4 Å². The molecule has 3 heteroatoms. The Morgan fingerprint density at radius 3 is 2.23 bits per heavy atom. The van der Waals surface area contributed by atoms with Gasteiger partial charge in [0.25, 0.3) is 0 Å². The smallest absolute Gasteiger partial charge is 0.232 e. The standard InChI is InChI=1S/C23H23NO2/c25-23(20-13-7-8-14-20)24(17-18-9-3-1-4-10-18)22-16-15-21(26-22)19-11-5-2-6-12-19/h1-6,9-12,15-16,20H,7-8,13-14,17H2. The van der Waals surface area contributed by atoms with E-state index >= 15 is 0 Å². The summed E-state index contributed by atoms with van der Waals surface area (Å²) in [6.07, 6.45) is 4.25. The Morgan fingerprint density at radius 1 is 0.885 bits per heavy atom. The normalized spacial score (nSPS) is 14.5. The molecule has 3 nitrogen and oxygen atoms in total. The first-order valence-electron chi connectivity index (χ1n) is 9.32. The van der Waals surface area contributed by atoms with Crippen LogP contribution < -0.4 is 4.90 Å². The molecule has 0 bridgehead atoms. The van der Waals surface area contributed by atoms with Crippen molar-refractivity contribution in [2.45, 2.75) is 32.2 Å². The first-order chi connectivity index (χ1) is 12.8. The largest absolute Gasteiger partial charge is 0.440 e. The molecule has 0 atom stereocenters. The number of anilines is 1. The van der Waals surface area contributed by atoms with Gasteiger partial charge in [-0.05, 0) is 24.5 Å². The highest BCUT2D eigenvalue weighted by molar-refractivity contribution is 5.94. The third kappa shape index (κ3) is 3.57. The molecule has 132 valence electrons. The molecule has 3 aromatic rings. The summed E-state index contributed by atoms with van der Waals surface area (Å²) in [4.78, 5) is 15.0. The first kappa shape index (κ1) is 16.6. The van der Waals surface area contributed by atoms with Gasteiger partial charge in [-0.1, -0.05) is 73.5 Å². The van der Waals surface area contributed by atoms with Crippen LogP contribution in [0.15, 0.2) is 77.2 Å². The van der Waals surface area contributed by atoms with Gasteiger partial charge in [0.2, 0.25) is 11.8 Å². The highest BCUT2D eigenvalue weighted by Gasteiger charge is 2.29. The van der Waals surface area contributed by atoms with Crippen LogP contribution in [-0.4, -0.2) is 5.91 Å². The molecule has 0 saturated heterocycles. The Balaban J connectivity index is 1.64. The van der Waals surface area contributed by atoms with Crippen LogP contribution in [0.4, 0.5) is 5.88 Å². The van der Waals surface area contributed by atoms with Gasteiger partial charge in [-0.3, -0.25) is 9.69 Å². The summed E-state index contributed by atoms with van der Waals surface area (Å²) in [6.45, 7) is 0.540. The summed E-state index contributed by atoms with van der Waals surface area (Å²) in [5.74, 6) is 1.71. The van der Waals surface area contributed by atoms with E-state index < -0.39 is 0 Å². The van der Waals surface area contributed by atoms with E-state index in [4.69, 9.17) is 4.42 Å². The summed E-state index contributed by atoms with van der Waals surface area (Å²) < 4.78 is 6.09. The Morgan fingerprint density at radius 2 is 1.54 bits per heavy atom. The molecular formula is C23H23NO2. The van der Waals surface area contributed by atoms with E-state index in [1.165, 1.54) is 0 Å². The fourth-order valence-electron chi connectivity index (χ4n) is 3.65. The quantitative estimate of drug-likeness (QED) is 0.597. The second-order valence-corrected chi connectivity index (χ2v) is 6.90. The number of carbonyl (C=O) groups is 1. The molecule has 2 aromatic carbocycles. The van der Waals surface area contributed by atoms with Crippen molar-refractivity contribution in [2.24, 2.45) is 5.92 Å². The molecule has 1 aliphatic rings. The van der Waals surface area contributed by atoms with Crippen molar-refractivity contribution in [1.82, 2.24) is 0 Å². The van der Waals surface area contributed by atoms with Gasteiger partial charge in [-0.25, -0.2) is 0 Å². The van der Waals surface area contributed by atoms with Gasteiger partial charge < -0.3 is 4.42 Å². The minimum atomic E-state index is 0.115. The van der Waals surface area contributed by atoms with E-state index in [-0.39, 0.29) is 11.8 Å². The molecule has 0 unspecified atom stereocenters. The van der Waals surface area contributed by atoms with Gasteiger partial charge >= 0.3 is 0 Å². The number of hydrogen-bond acceptors (Lipinski definition) is 2. The zero-order chi connectivity index (χ0) is 17.8. The highest BCUT2D eigenvalue weighted by atomic mass is 16.4. The Bertz CT molecular complexity index is 848. The van der Waals surface area contributed by atoms with E-state index in [1.54, 1.807) is 0 Å². The van der Waals surface area contributed by atoms with Gasteiger partial charge in [-0.2, -0.15) is 0 Å². The van der Waals surface area contributed by atoms with Crippen LogP contribution in [0.3, 0.4) is 0 Å². The molecule has 1 saturated carbocycles. The van der Waals surface area contributed by atoms with Crippen molar-refractivity contribution in [2.75, 3.05) is 4.90 Å². The molecule has 1 heterocycles. The zero-order valence-electron chi connectivity index (χ0n) is 14.8. The molecule has 4 rings (SSSR count). The van der Waals surface area contributed by atoms with Crippen molar-refractivity contribution < 1.29 is 9.21 Å². The van der Waals surface area contributed by atoms with Gasteiger partial charge in [0.1, 0.15) is 5.76 Å². The number of furan rings is 1. The van der Waals surface area contributed by atoms with Gasteiger partial charge in [0.15, 0.2) is 0 Å². The van der Waals surface area contributed by atoms with Gasteiger partial charge in [0.05, 0.1) is 6.54 Å². The molecule has 1 aromatic heterocycles. The van der Waals surface area contributed by atoms with E-state index in [2.05, 4.69) is 12.1 Å². The van der Waals surface area contributed by atoms with E-state index in [9.17, 15) is 4.79 Å². The topological polar surface area (TPSA) is 33.5 Å². The van der Waals surface area contributed by atoms with E-state index in [0.717, 1.165) is 42.6 Å². The number of nitrogens with zero attached hydrogens (tertiary/aromatic N) is 1. The number of amides is 1. The third-order valence-electron chi connectivity index (χ3n) is 5.07. The first-order valence-corrected chi connectivity index (χ1v) is 9.32. The van der Waals surface area contributed by atoms with Crippen LogP contribution in [0.1, 0.15) is 31.2 Å². The third-order valence-corrected chi connectivity index (χ3v) is 5.07. The van der Waals surface area contributed by atoms with Crippen LogP contribution >= 0.6 is 0 Å². The molecular weight excluding hydrogens is 322 g/mol. The summed E-state index contributed by atoms with van der Waals surface area (Å²) in [5, 5.41) is 0. The number of carbonyl (C=O) groups excluding carboxylic acids is 1. The maximum atomic E-state index is 13.2. The molecule has 0 N–H and O–H groups in total. The summed E-state index contributed by atoms with van der Waals surface area (Å²) >= 11 is 0. The van der Waals surface area contributed by atoms with Crippen molar-refractivity contribution in [1.29, 1.82) is 0 Å². The number of hydrogen-bond donors (Lipinski definition) is 0. The number of rotatable bonds is 5. The predicted octanol–water partition coefficient (Wildman–Crippen LogP) is 5.67. The molecule has 0 spiro atoms. The lowest BCUT2D eigenvalue weighted by Crippen LogP contribution is -2.34. The lowest BCUT2D eigenvalue weighted by atomic mass is 10.1. The second kappa shape index (κ2) is 7.61. The Hall–Kier alpha value is -2.81. The summed E-state index contributed by atoms with van der Waals surface area (Å²) in [7, 11) is 0. The average Bonchev–Trinajstić information content (AvgIpc) is 3.39. The zero-order valence-corrected chi connectivity index (χ0v) is 14.8. The van der Waals surface area contributed by atoms with Crippen molar-refractivity contribution >= 4 is 11.8 Å². The number of benzene rings is 2. The van der Waals surface area contributed by atoms with Crippen LogP contribution in [0, 0.1) is 5.92 Å². The van der Waals surface area contributed by atoms with E-state index in [1.807, 2.05) is 65.6 Å². The van der Waals surface area contributed by atoms with Crippen molar-refractivity contribution in [3.63, 3.8) is 0 Å². The maximum Gasteiger partial charge on any atom is 0.232 e. The van der Waals surface area contributed by atoms with Gasteiger partial charge in [0, 0.05) is 17.5 Å². The molecule has 1 fully saturated rings. The fraction of sp³-hybridized carbons (Fsp3) is 0.261.